The van der Waals surface area contributed by atoms with Crippen molar-refractivity contribution in [3.8, 4) is 27.5 Å². The largest absolute Gasteiger partial charge is 0.476 e. The van der Waals surface area contributed by atoms with Crippen LogP contribution in [0.25, 0.3) is 27.5 Å². The van der Waals surface area contributed by atoms with Gasteiger partial charge in [-0.3, -0.25) is 0 Å². The maximum atomic E-state index is 15.4. The molecule has 1 saturated carbocycles. The molecule has 6 N–H and O–H groups in total. The van der Waals surface area contributed by atoms with Gasteiger partial charge in [-0.1, -0.05) is 24.3 Å². The van der Waals surface area contributed by atoms with Crippen LogP contribution < -0.4 is 5.14 Å². The first-order chi connectivity index (χ1) is 21.2. The highest BCUT2D eigenvalue weighted by molar-refractivity contribution is 7.89. The number of hydrogen-bond acceptors (Lipinski definition) is 6. The molecular formula is C33H31F2N4O4S2+. The molecule has 0 aliphatic heterocycles. The molecule has 12 heteroatoms. The zero-order valence-electron chi connectivity index (χ0n) is 24.1. The van der Waals surface area contributed by atoms with Crippen molar-refractivity contribution in [2.24, 2.45) is 11.1 Å². The van der Waals surface area contributed by atoms with Crippen LogP contribution in [0.1, 0.15) is 57.7 Å². The Labute approximate surface area is 265 Å². The van der Waals surface area contributed by atoms with Gasteiger partial charge in [-0.05, 0) is 91.0 Å². The minimum atomic E-state index is -1.71. The Balaban J connectivity index is 0.00000357. The van der Waals surface area contributed by atoms with Crippen molar-refractivity contribution in [3.05, 3.63) is 105 Å². The number of nitrogens with zero attached hydrogens (tertiary/aromatic N) is 3. The normalized spacial score (nSPS) is 14.7. The topological polar surface area (TPSA) is 146 Å². The summed E-state index contributed by atoms with van der Waals surface area (Å²) in [5.41, 5.74) is 7.39. The number of aromatic nitrogens is 3. The molecule has 2 aliphatic carbocycles. The van der Waals surface area contributed by atoms with Gasteiger partial charge in [0.05, 0.1) is 11.4 Å². The highest BCUT2D eigenvalue weighted by Gasteiger charge is 2.30. The number of rotatable bonds is 9. The Hall–Kier alpha value is -3.94. The third-order valence-electron chi connectivity index (χ3n) is 8.41. The fourth-order valence-electron chi connectivity index (χ4n) is 5.99. The summed E-state index contributed by atoms with van der Waals surface area (Å²) < 4.78 is 41.8. The van der Waals surface area contributed by atoms with Crippen LogP contribution >= 0.6 is 11.3 Å². The van der Waals surface area contributed by atoms with Crippen LogP contribution in [-0.4, -0.2) is 35.9 Å². The van der Waals surface area contributed by atoms with E-state index in [9.17, 15) is 18.8 Å². The molecule has 2 aromatic heterocycles. The average Bonchev–Trinajstić information content (AvgIpc) is 3.35. The van der Waals surface area contributed by atoms with E-state index in [1.54, 1.807) is 16.8 Å². The number of aromatic carboxylic acids is 1. The fraction of sp³-hybridized carbons (Fsp3) is 0.242. The number of carboxylic acids is 1. The van der Waals surface area contributed by atoms with E-state index in [2.05, 4.69) is 17.1 Å². The average molecular weight is 650 g/mol. The summed E-state index contributed by atoms with van der Waals surface area (Å²) in [7, 11) is 0. The maximum Gasteiger partial charge on any atom is 0.355 e. The summed E-state index contributed by atoms with van der Waals surface area (Å²) in [6, 6.07) is 15.7. The lowest BCUT2D eigenvalue weighted by atomic mass is 9.94. The highest BCUT2D eigenvalue weighted by Crippen LogP contribution is 2.39. The minimum Gasteiger partial charge on any atom is -0.476 e. The van der Waals surface area contributed by atoms with Crippen LogP contribution in [0.5, 0.6) is 0 Å². The van der Waals surface area contributed by atoms with E-state index >= 15 is 4.39 Å². The van der Waals surface area contributed by atoms with Gasteiger partial charge in [-0.15, -0.1) is 16.5 Å². The molecule has 45 heavy (non-hydrogen) atoms. The van der Waals surface area contributed by atoms with Gasteiger partial charge in [0.2, 0.25) is 10.0 Å². The quantitative estimate of drug-likeness (QED) is 0.163. The third kappa shape index (κ3) is 6.16. The number of carbonyl (C=O) groups is 1. The van der Waals surface area contributed by atoms with Crippen molar-refractivity contribution in [1.29, 1.82) is 0 Å². The minimum absolute atomic E-state index is 0. The lowest BCUT2D eigenvalue weighted by Gasteiger charge is -2.11. The standard InChI is InChI=1S/C33H28F2N4O3S2.H2O/c34-26-10-9-23(16-24(26)22-8-7-20-2-1-3-21(20)15-22)31-25(12-19-6-11-30(44(36)42)27(35)13-19)29(14-18-4-5-18)39(38-31)33-37-28(17-43-33)32(40)41;/h6-11,13,15-18,42H,1-5,12,14,36H2;1H2/p+1. The fourth-order valence-corrected chi connectivity index (χ4v) is 7.23. The van der Waals surface area contributed by atoms with Crippen molar-refractivity contribution in [1.82, 2.24) is 14.8 Å². The first-order valence-electron chi connectivity index (χ1n) is 14.4. The summed E-state index contributed by atoms with van der Waals surface area (Å²) in [6.45, 7) is 0. The summed E-state index contributed by atoms with van der Waals surface area (Å²) in [5, 5.41) is 22.0. The molecule has 2 aliphatic rings. The highest BCUT2D eigenvalue weighted by atomic mass is 32.2. The number of thiazole rings is 1. The van der Waals surface area contributed by atoms with E-state index in [0.29, 0.717) is 46.3 Å². The second-order valence-corrected chi connectivity index (χ2v) is 13.3. The number of halogens is 2. The SMILES string of the molecule is N[S+](O)c1ccc(Cc2c(-c3ccc(F)c(-c4ccc5c(c4)CCC5)c3)nn(-c3nc(C(=O)O)cs3)c2CC2CC2)cc1F.O. The monoisotopic (exact) mass is 649 g/mol. The first kappa shape index (κ1) is 31.1. The summed E-state index contributed by atoms with van der Waals surface area (Å²) in [4.78, 5) is 16.0. The van der Waals surface area contributed by atoms with Crippen LogP contribution in [0.2, 0.25) is 0 Å². The van der Waals surface area contributed by atoms with Gasteiger partial charge in [-0.25, -0.2) is 23.2 Å². The zero-order chi connectivity index (χ0) is 30.5. The van der Waals surface area contributed by atoms with Gasteiger partial charge in [0.1, 0.15) is 5.82 Å². The Morgan fingerprint density at radius 3 is 2.51 bits per heavy atom. The summed E-state index contributed by atoms with van der Waals surface area (Å²) in [5.74, 6) is -1.62. The van der Waals surface area contributed by atoms with Crippen molar-refractivity contribution in [2.75, 3.05) is 0 Å². The number of carboxylic acid groups (broad SMARTS) is 1. The van der Waals surface area contributed by atoms with Gasteiger partial charge < -0.3 is 10.6 Å². The van der Waals surface area contributed by atoms with E-state index in [1.165, 1.54) is 46.0 Å². The molecule has 8 nitrogen and oxygen atoms in total. The second kappa shape index (κ2) is 12.5. The molecule has 1 atom stereocenters. The number of hydrogen-bond donors (Lipinski definition) is 3. The number of aryl methyl sites for hydroxylation is 2. The molecule has 0 amide bonds. The van der Waals surface area contributed by atoms with Crippen LogP contribution in [0.4, 0.5) is 8.78 Å². The smallest absolute Gasteiger partial charge is 0.355 e. The van der Waals surface area contributed by atoms with E-state index in [-0.39, 0.29) is 21.9 Å². The second-order valence-electron chi connectivity index (χ2n) is 11.4. The van der Waals surface area contributed by atoms with E-state index < -0.39 is 23.1 Å². The molecule has 3 aromatic carbocycles. The molecule has 0 spiro atoms. The molecular weight excluding hydrogens is 619 g/mol. The molecule has 0 bridgehead atoms. The Morgan fingerprint density at radius 1 is 1.02 bits per heavy atom. The number of fused-ring (bicyclic) bond motifs is 1. The molecule has 7 rings (SSSR count). The molecule has 1 fully saturated rings. The Bertz CT molecular complexity index is 1920. The first-order valence-corrected chi connectivity index (χ1v) is 16.6. The maximum absolute atomic E-state index is 15.4. The van der Waals surface area contributed by atoms with Crippen molar-refractivity contribution >= 4 is 28.7 Å². The van der Waals surface area contributed by atoms with Crippen LogP contribution in [0, 0.1) is 17.6 Å². The lowest BCUT2D eigenvalue weighted by molar-refractivity contribution is 0.0691. The molecule has 232 valence electrons. The van der Waals surface area contributed by atoms with Crippen LogP contribution in [0.15, 0.2) is 64.9 Å². The molecule has 0 saturated heterocycles. The van der Waals surface area contributed by atoms with Crippen molar-refractivity contribution in [3.63, 3.8) is 0 Å². The van der Waals surface area contributed by atoms with E-state index in [0.717, 1.165) is 48.9 Å². The number of benzene rings is 3. The van der Waals surface area contributed by atoms with Crippen molar-refractivity contribution in [2.45, 2.75) is 49.8 Å². The predicted octanol–water partition coefficient (Wildman–Crippen LogP) is 6.17. The van der Waals surface area contributed by atoms with E-state index in [4.69, 9.17) is 10.2 Å². The lowest BCUT2D eigenvalue weighted by Crippen LogP contribution is -2.13. The van der Waals surface area contributed by atoms with Gasteiger partial charge >= 0.3 is 5.97 Å². The third-order valence-corrected chi connectivity index (χ3v) is 10.0. The number of nitrogens with two attached hydrogens (primary N) is 1. The molecule has 2 heterocycles. The zero-order valence-corrected chi connectivity index (χ0v) is 25.7. The van der Waals surface area contributed by atoms with E-state index in [1.807, 2.05) is 12.1 Å². The van der Waals surface area contributed by atoms with Crippen LogP contribution in [-0.2, 0) is 37.0 Å². The van der Waals surface area contributed by atoms with Gasteiger partial charge in [0.25, 0.3) is 11.4 Å². The van der Waals surface area contributed by atoms with Gasteiger partial charge in [-0.2, -0.15) is 9.65 Å². The Morgan fingerprint density at radius 2 is 1.80 bits per heavy atom. The Kier molecular flexibility index (Phi) is 8.59. The molecule has 1 unspecified atom stereocenters. The van der Waals surface area contributed by atoms with Gasteiger partial charge in [0.15, 0.2) is 11.5 Å². The molecule has 5 aromatic rings. The van der Waals surface area contributed by atoms with Crippen LogP contribution in [0.3, 0.4) is 0 Å². The molecule has 0 radical (unpaired) electrons. The summed E-state index contributed by atoms with van der Waals surface area (Å²) in [6.07, 6.45) is 6.24. The van der Waals surface area contributed by atoms with Gasteiger partial charge in [0, 0.05) is 34.6 Å². The summed E-state index contributed by atoms with van der Waals surface area (Å²) >= 11 is -0.526. The predicted molar refractivity (Wildman–Crippen MR) is 171 cm³/mol. The van der Waals surface area contributed by atoms with Crippen molar-refractivity contribution < 1.29 is 28.7 Å².